The van der Waals surface area contributed by atoms with Gasteiger partial charge >= 0.3 is 5.97 Å². The zero-order valence-corrected chi connectivity index (χ0v) is 11.4. The van der Waals surface area contributed by atoms with E-state index in [9.17, 15) is 9.90 Å². The van der Waals surface area contributed by atoms with Crippen LogP contribution in [-0.2, 0) is 0 Å². The number of hydrogen-bond acceptors (Lipinski definition) is 6. The fraction of sp³-hybridized carbons (Fsp3) is 0.615. The first-order chi connectivity index (χ1) is 9.74. The Morgan fingerprint density at radius 1 is 1.10 bits per heavy atom. The van der Waals surface area contributed by atoms with Gasteiger partial charge in [0.1, 0.15) is 5.82 Å². The molecule has 3 rings (SSSR count). The van der Waals surface area contributed by atoms with Crippen LogP contribution >= 0.6 is 0 Å². The highest BCUT2D eigenvalue weighted by Crippen LogP contribution is 2.21. The minimum absolute atomic E-state index is 0.0791. The van der Waals surface area contributed by atoms with Crippen molar-refractivity contribution in [2.45, 2.75) is 12.8 Å². The number of hydrogen-bond donors (Lipinski definition) is 2. The molecule has 0 saturated carbocycles. The molecule has 3 heterocycles. The SMILES string of the molecule is O=C(O)c1cc(N2CCNCC2)nc(N2CCCC2)n1. The molecule has 1 aromatic rings. The van der Waals surface area contributed by atoms with Gasteiger partial charge in [0, 0.05) is 45.3 Å². The monoisotopic (exact) mass is 277 g/mol. The van der Waals surface area contributed by atoms with Gasteiger partial charge < -0.3 is 20.2 Å². The first-order valence-corrected chi connectivity index (χ1v) is 7.07. The Bertz CT molecular complexity index is 496. The molecule has 0 aliphatic carbocycles. The highest BCUT2D eigenvalue weighted by atomic mass is 16.4. The van der Waals surface area contributed by atoms with Crippen molar-refractivity contribution in [1.29, 1.82) is 0 Å². The lowest BCUT2D eigenvalue weighted by atomic mass is 10.3. The van der Waals surface area contributed by atoms with Gasteiger partial charge in [0.25, 0.3) is 0 Å². The van der Waals surface area contributed by atoms with Crippen molar-refractivity contribution in [3.05, 3.63) is 11.8 Å². The number of nitrogens with zero attached hydrogens (tertiary/aromatic N) is 4. The van der Waals surface area contributed by atoms with E-state index >= 15 is 0 Å². The summed E-state index contributed by atoms with van der Waals surface area (Å²) in [6, 6.07) is 1.58. The molecule has 7 heteroatoms. The van der Waals surface area contributed by atoms with Crippen LogP contribution in [0.4, 0.5) is 11.8 Å². The topological polar surface area (TPSA) is 81.6 Å². The molecule has 0 amide bonds. The summed E-state index contributed by atoms with van der Waals surface area (Å²) in [5, 5.41) is 12.5. The molecule has 2 aliphatic rings. The maximum atomic E-state index is 11.3. The maximum absolute atomic E-state index is 11.3. The Hall–Kier alpha value is -1.89. The molecule has 0 spiro atoms. The van der Waals surface area contributed by atoms with Crippen molar-refractivity contribution >= 4 is 17.7 Å². The molecule has 0 atom stereocenters. The van der Waals surface area contributed by atoms with Gasteiger partial charge in [-0.25, -0.2) is 9.78 Å². The molecule has 7 nitrogen and oxygen atoms in total. The lowest BCUT2D eigenvalue weighted by Gasteiger charge is -2.29. The standard InChI is InChI=1S/C13H19N5O2/c19-12(20)10-9-11(17-7-3-14-4-8-17)16-13(15-10)18-5-1-2-6-18/h9,14H,1-8H2,(H,19,20). The Morgan fingerprint density at radius 3 is 2.45 bits per heavy atom. The van der Waals surface area contributed by atoms with E-state index in [0.29, 0.717) is 5.95 Å². The van der Waals surface area contributed by atoms with Crippen LogP contribution in [0.2, 0.25) is 0 Å². The summed E-state index contributed by atoms with van der Waals surface area (Å²) in [5.41, 5.74) is 0.0791. The van der Waals surface area contributed by atoms with Crippen LogP contribution < -0.4 is 15.1 Å². The van der Waals surface area contributed by atoms with Gasteiger partial charge in [0.2, 0.25) is 5.95 Å². The highest BCUT2D eigenvalue weighted by molar-refractivity contribution is 5.86. The maximum Gasteiger partial charge on any atom is 0.354 e. The molecule has 0 bridgehead atoms. The second kappa shape index (κ2) is 5.62. The van der Waals surface area contributed by atoms with E-state index in [0.717, 1.165) is 57.9 Å². The third-order valence-electron chi connectivity index (χ3n) is 3.75. The van der Waals surface area contributed by atoms with E-state index in [1.165, 1.54) is 0 Å². The summed E-state index contributed by atoms with van der Waals surface area (Å²) in [5.74, 6) is 0.279. The van der Waals surface area contributed by atoms with E-state index in [2.05, 4.69) is 25.1 Å². The Balaban J connectivity index is 1.93. The Kier molecular flexibility index (Phi) is 3.68. The summed E-state index contributed by atoms with van der Waals surface area (Å²) in [7, 11) is 0. The van der Waals surface area contributed by atoms with Crippen LogP contribution in [0.3, 0.4) is 0 Å². The molecule has 0 unspecified atom stereocenters. The van der Waals surface area contributed by atoms with Gasteiger partial charge in [-0.2, -0.15) is 4.98 Å². The zero-order chi connectivity index (χ0) is 13.9. The van der Waals surface area contributed by atoms with Gasteiger partial charge in [0.05, 0.1) is 0 Å². The third-order valence-corrected chi connectivity index (χ3v) is 3.75. The fourth-order valence-corrected chi connectivity index (χ4v) is 2.65. The van der Waals surface area contributed by atoms with Crippen molar-refractivity contribution in [2.75, 3.05) is 49.1 Å². The van der Waals surface area contributed by atoms with Crippen molar-refractivity contribution in [3.8, 4) is 0 Å². The van der Waals surface area contributed by atoms with Crippen LogP contribution in [0, 0.1) is 0 Å². The molecule has 0 radical (unpaired) electrons. The predicted octanol–water partition coefficient (Wildman–Crippen LogP) is 0.185. The molecule has 1 aromatic heterocycles. The Morgan fingerprint density at radius 2 is 1.80 bits per heavy atom. The predicted molar refractivity (Wildman–Crippen MR) is 75.5 cm³/mol. The quantitative estimate of drug-likeness (QED) is 0.816. The summed E-state index contributed by atoms with van der Waals surface area (Å²) >= 11 is 0. The van der Waals surface area contributed by atoms with Gasteiger partial charge in [-0.15, -0.1) is 0 Å². The first kappa shape index (κ1) is 13.1. The van der Waals surface area contributed by atoms with Crippen molar-refractivity contribution in [2.24, 2.45) is 0 Å². The molecular weight excluding hydrogens is 258 g/mol. The smallest absolute Gasteiger partial charge is 0.354 e. The van der Waals surface area contributed by atoms with Crippen LogP contribution in [0.1, 0.15) is 23.3 Å². The molecule has 2 fully saturated rings. The molecule has 2 aliphatic heterocycles. The number of piperazine rings is 1. The molecule has 108 valence electrons. The average molecular weight is 277 g/mol. The van der Waals surface area contributed by atoms with Gasteiger partial charge in [-0.3, -0.25) is 0 Å². The second-order valence-electron chi connectivity index (χ2n) is 5.15. The normalized spacial score (nSPS) is 19.4. The average Bonchev–Trinajstić information content (AvgIpc) is 3.02. The summed E-state index contributed by atoms with van der Waals surface area (Å²) in [4.78, 5) is 24.2. The van der Waals surface area contributed by atoms with Gasteiger partial charge in [-0.1, -0.05) is 0 Å². The van der Waals surface area contributed by atoms with E-state index in [-0.39, 0.29) is 5.69 Å². The number of carbonyl (C=O) groups is 1. The number of carboxylic acid groups (broad SMARTS) is 1. The minimum atomic E-state index is -0.996. The lowest BCUT2D eigenvalue weighted by molar-refractivity contribution is 0.0690. The van der Waals surface area contributed by atoms with E-state index in [1.807, 2.05) is 0 Å². The Labute approximate surface area is 117 Å². The van der Waals surface area contributed by atoms with Gasteiger partial charge in [-0.05, 0) is 12.8 Å². The van der Waals surface area contributed by atoms with Crippen LogP contribution in [-0.4, -0.2) is 60.3 Å². The molecule has 0 aromatic carbocycles. The largest absolute Gasteiger partial charge is 0.477 e. The fourth-order valence-electron chi connectivity index (χ4n) is 2.65. The number of aromatic carboxylic acids is 1. The number of rotatable bonds is 3. The first-order valence-electron chi connectivity index (χ1n) is 7.07. The summed E-state index contributed by atoms with van der Waals surface area (Å²) in [6.45, 7) is 5.29. The lowest BCUT2D eigenvalue weighted by Crippen LogP contribution is -2.44. The van der Waals surface area contributed by atoms with Gasteiger partial charge in [0.15, 0.2) is 5.69 Å². The zero-order valence-electron chi connectivity index (χ0n) is 11.4. The third kappa shape index (κ3) is 2.67. The highest BCUT2D eigenvalue weighted by Gasteiger charge is 2.21. The number of aromatic nitrogens is 2. The van der Waals surface area contributed by atoms with E-state index < -0.39 is 5.97 Å². The van der Waals surface area contributed by atoms with E-state index in [1.54, 1.807) is 6.07 Å². The van der Waals surface area contributed by atoms with Crippen LogP contribution in [0.15, 0.2) is 6.07 Å². The molecular formula is C13H19N5O2. The van der Waals surface area contributed by atoms with Crippen molar-refractivity contribution < 1.29 is 9.90 Å². The number of carboxylic acids is 1. The second-order valence-corrected chi connectivity index (χ2v) is 5.15. The number of nitrogens with one attached hydrogen (secondary N) is 1. The van der Waals surface area contributed by atoms with Crippen molar-refractivity contribution in [3.63, 3.8) is 0 Å². The molecule has 2 N–H and O–H groups in total. The molecule has 2 saturated heterocycles. The molecule has 20 heavy (non-hydrogen) atoms. The number of anilines is 2. The van der Waals surface area contributed by atoms with E-state index in [4.69, 9.17) is 0 Å². The van der Waals surface area contributed by atoms with Crippen LogP contribution in [0.5, 0.6) is 0 Å². The van der Waals surface area contributed by atoms with Crippen LogP contribution in [0.25, 0.3) is 0 Å². The van der Waals surface area contributed by atoms with Crippen molar-refractivity contribution in [1.82, 2.24) is 15.3 Å². The summed E-state index contributed by atoms with van der Waals surface area (Å²) < 4.78 is 0. The minimum Gasteiger partial charge on any atom is -0.477 e. The summed E-state index contributed by atoms with van der Waals surface area (Å²) in [6.07, 6.45) is 2.23.